The molecule has 0 aromatic carbocycles. The lowest BCUT2D eigenvalue weighted by molar-refractivity contribution is -0.133. The van der Waals surface area contributed by atoms with E-state index in [2.05, 4.69) is 10.3 Å². The Morgan fingerprint density at radius 3 is 2.64 bits per heavy atom. The molecule has 0 fully saturated rings. The molecule has 0 bridgehead atoms. The molecule has 3 nitrogen and oxygen atoms in total. The van der Waals surface area contributed by atoms with Gasteiger partial charge in [-0.05, 0) is 0 Å². The molecule has 1 rings (SSSR count). The van der Waals surface area contributed by atoms with Crippen LogP contribution < -0.4 is 5.32 Å². The minimum absolute atomic E-state index is 0.0296. The van der Waals surface area contributed by atoms with Crippen LogP contribution in [0.4, 0.5) is 13.2 Å². The lowest BCUT2D eigenvalue weighted by Gasteiger charge is -2.07. The molecule has 6 heteroatoms. The first-order chi connectivity index (χ1) is 6.58. The first kappa shape index (κ1) is 11.0. The number of hydrogen-bond acceptors (Lipinski definition) is 2. The zero-order valence-electron chi connectivity index (χ0n) is 7.59. The van der Waals surface area contributed by atoms with Crippen LogP contribution in [-0.2, 0) is 6.54 Å². The van der Waals surface area contributed by atoms with Crippen LogP contribution >= 0.6 is 0 Å². The molecule has 1 aromatic rings. The van der Waals surface area contributed by atoms with Crippen LogP contribution in [0.1, 0.15) is 6.42 Å². The molecular formula is C8H12F3N3. The lowest BCUT2D eigenvalue weighted by Crippen LogP contribution is -2.24. The summed E-state index contributed by atoms with van der Waals surface area (Å²) in [5, 5.41) is 2.71. The molecule has 0 saturated carbocycles. The molecule has 0 aliphatic carbocycles. The average molecular weight is 207 g/mol. The van der Waals surface area contributed by atoms with Crippen molar-refractivity contribution in [3.8, 4) is 0 Å². The van der Waals surface area contributed by atoms with E-state index in [1.807, 2.05) is 0 Å². The number of alkyl halides is 3. The second-order valence-electron chi connectivity index (χ2n) is 2.92. The highest BCUT2D eigenvalue weighted by Gasteiger charge is 2.25. The molecule has 0 amide bonds. The van der Waals surface area contributed by atoms with Crippen molar-refractivity contribution in [3.05, 3.63) is 18.7 Å². The molecule has 1 N–H and O–H groups in total. The molecule has 0 spiro atoms. The van der Waals surface area contributed by atoms with Gasteiger partial charge in [0, 0.05) is 32.0 Å². The number of nitrogens with one attached hydrogen (secondary N) is 1. The second kappa shape index (κ2) is 4.99. The van der Waals surface area contributed by atoms with E-state index in [1.54, 1.807) is 23.3 Å². The summed E-state index contributed by atoms with van der Waals surface area (Å²) in [6.07, 6.45) is 0.186. The summed E-state index contributed by atoms with van der Waals surface area (Å²) in [6.45, 7) is 1.13. The number of hydrogen-bond donors (Lipinski definition) is 1. The summed E-state index contributed by atoms with van der Waals surface area (Å²) in [5.41, 5.74) is 0. The van der Waals surface area contributed by atoms with E-state index in [0.29, 0.717) is 13.1 Å². The highest BCUT2D eigenvalue weighted by molar-refractivity contribution is 4.74. The van der Waals surface area contributed by atoms with Crippen molar-refractivity contribution in [3.63, 3.8) is 0 Å². The Kier molecular flexibility index (Phi) is 3.94. The predicted octanol–water partition coefficient (Wildman–Crippen LogP) is 1.43. The zero-order chi connectivity index (χ0) is 10.4. The first-order valence-electron chi connectivity index (χ1n) is 4.31. The van der Waals surface area contributed by atoms with Gasteiger partial charge < -0.3 is 9.88 Å². The Balaban J connectivity index is 2.00. The Hall–Kier alpha value is -1.04. The van der Waals surface area contributed by atoms with Crippen molar-refractivity contribution in [1.29, 1.82) is 0 Å². The highest BCUT2D eigenvalue weighted by atomic mass is 19.4. The summed E-state index contributed by atoms with van der Waals surface area (Å²) >= 11 is 0. The van der Waals surface area contributed by atoms with Crippen LogP contribution in [0.15, 0.2) is 18.7 Å². The molecule has 0 radical (unpaired) electrons. The van der Waals surface area contributed by atoms with Gasteiger partial charge in [-0.3, -0.25) is 0 Å². The molecule has 0 unspecified atom stereocenters. The van der Waals surface area contributed by atoms with E-state index in [9.17, 15) is 13.2 Å². The van der Waals surface area contributed by atoms with Gasteiger partial charge in [-0.15, -0.1) is 0 Å². The fourth-order valence-electron chi connectivity index (χ4n) is 0.982. The summed E-state index contributed by atoms with van der Waals surface area (Å²) in [6, 6.07) is 0. The maximum atomic E-state index is 11.7. The molecular weight excluding hydrogens is 195 g/mol. The van der Waals surface area contributed by atoms with Gasteiger partial charge in [0.1, 0.15) is 0 Å². The quantitative estimate of drug-likeness (QED) is 0.740. The van der Waals surface area contributed by atoms with Gasteiger partial charge in [0.2, 0.25) is 0 Å². The third kappa shape index (κ3) is 4.86. The third-order valence-corrected chi connectivity index (χ3v) is 1.69. The van der Waals surface area contributed by atoms with Crippen molar-refractivity contribution in [1.82, 2.24) is 14.9 Å². The van der Waals surface area contributed by atoms with Crippen molar-refractivity contribution in [2.75, 3.05) is 13.1 Å². The van der Waals surface area contributed by atoms with Gasteiger partial charge >= 0.3 is 6.18 Å². The maximum absolute atomic E-state index is 11.7. The standard InChI is InChI=1S/C8H12F3N3/c9-8(10,11)1-2-12-3-5-14-6-4-13-7-14/h4,6-7,12H,1-3,5H2. The number of rotatable bonds is 5. The van der Waals surface area contributed by atoms with Crippen LogP contribution in [-0.4, -0.2) is 28.8 Å². The van der Waals surface area contributed by atoms with Gasteiger partial charge in [-0.25, -0.2) is 4.98 Å². The fraction of sp³-hybridized carbons (Fsp3) is 0.625. The number of imidazole rings is 1. The van der Waals surface area contributed by atoms with Gasteiger partial charge in [0.15, 0.2) is 0 Å². The first-order valence-corrected chi connectivity index (χ1v) is 4.31. The molecule has 0 aliphatic rings. The maximum Gasteiger partial charge on any atom is 0.390 e. The van der Waals surface area contributed by atoms with Crippen LogP contribution in [0, 0.1) is 0 Å². The van der Waals surface area contributed by atoms with E-state index < -0.39 is 12.6 Å². The highest BCUT2D eigenvalue weighted by Crippen LogP contribution is 2.17. The van der Waals surface area contributed by atoms with Crippen molar-refractivity contribution in [2.45, 2.75) is 19.1 Å². The molecule has 80 valence electrons. The van der Waals surface area contributed by atoms with E-state index in [-0.39, 0.29) is 6.54 Å². The number of halogens is 3. The molecule has 0 aliphatic heterocycles. The van der Waals surface area contributed by atoms with Gasteiger partial charge in [-0.2, -0.15) is 13.2 Å². The van der Waals surface area contributed by atoms with E-state index in [4.69, 9.17) is 0 Å². The second-order valence-corrected chi connectivity index (χ2v) is 2.92. The summed E-state index contributed by atoms with van der Waals surface area (Å²) < 4.78 is 36.9. The minimum atomic E-state index is -4.07. The molecule has 1 heterocycles. The average Bonchev–Trinajstić information content (AvgIpc) is 2.54. The van der Waals surface area contributed by atoms with Crippen LogP contribution in [0.3, 0.4) is 0 Å². The molecule has 0 saturated heterocycles. The van der Waals surface area contributed by atoms with Crippen LogP contribution in [0.5, 0.6) is 0 Å². The summed E-state index contributed by atoms with van der Waals surface area (Å²) in [7, 11) is 0. The number of nitrogens with zero attached hydrogens (tertiary/aromatic N) is 2. The molecule has 0 atom stereocenters. The summed E-state index contributed by atoms with van der Waals surface area (Å²) in [5.74, 6) is 0. The van der Waals surface area contributed by atoms with E-state index >= 15 is 0 Å². The Labute approximate surface area is 79.9 Å². The van der Waals surface area contributed by atoms with Gasteiger partial charge in [-0.1, -0.05) is 0 Å². The van der Waals surface area contributed by atoms with Crippen molar-refractivity contribution in [2.24, 2.45) is 0 Å². The minimum Gasteiger partial charge on any atom is -0.336 e. The Bertz CT molecular complexity index is 243. The van der Waals surface area contributed by atoms with Crippen molar-refractivity contribution >= 4 is 0 Å². The molecule has 14 heavy (non-hydrogen) atoms. The number of aromatic nitrogens is 2. The fourth-order valence-corrected chi connectivity index (χ4v) is 0.982. The van der Waals surface area contributed by atoms with E-state index in [1.165, 1.54) is 0 Å². The third-order valence-electron chi connectivity index (χ3n) is 1.69. The lowest BCUT2D eigenvalue weighted by atomic mass is 10.4. The summed E-state index contributed by atoms with van der Waals surface area (Å²) in [4.78, 5) is 3.82. The topological polar surface area (TPSA) is 29.9 Å². The zero-order valence-corrected chi connectivity index (χ0v) is 7.59. The smallest absolute Gasteiger partial charge is 0.336 e. The van der Waals surface area contributed by atoms with E-state index in [0.717, 1.165) is 0 Å². The van der Waals surface area contributed by atoms with Crippen LogP contribution in [0.2, 0.25) is 0 Å². The van der Waals surface area contributed by atoms with Gasteiger partial charge in [0.05, 0.1) is 12.7 Å². The Morgan fingerprint density at radius 2 is 2.07 bits per heavy atom. The monoisotopic (exact) mass is 207 g/mol. The van der Waals surface area contributed by atoms with Crippen LogP contribution in [0.25, 0.3) is 0 Å². The Morgan fingerprint density at radius 1 is 1.29 bits per heavy atom. The van der Waals surface area contributed by atoms with Crippen molar-refractivity contribution < 1.29 is 13.2 Å². The predicted molar refractivity (Wildman–Crippen MR) is 45.8 cm³/mol. The largest absolute Gasteiger partial charge is 0.390 e. The normalized spacial score (nSPS) is 11.9. The SMILES string of the molecule is FC(F)(F)CCNCCn1ccnc1. The molecule has 1 aromatic heterocycles. The van der Waals surface area contributed by atoms with Gasteiger partial charge in [0.25, 0.3) is 0 Å².